The number of hydrogen-bond donors (Lipinski definition) is 2. The lowest BCUT2D eigenvalue weighted by molar-refractivity contribution is -0.149. The second kappa shape index (κ2) is 9.35. The van der Waals surface area contributed by atoms with Crippen LogP contribution >= 0.6 is 23.2 Å². The van der Waals surface area contributed by atoms with Crippen LogP contribution in [0.1, 0.15) is 32.1 Å². The first-order valence-corrected chi connectivity index (χ1v) is 11.2. The third-order valence-electron chi connectivity index (χ3n) is 5.82. The van der Waals surface area contributed by atoms with Crippen LogP contribution in [0.3, 0.4) is 0 Å². The van der Waals surface area contributed by atoms with E-state index in [1.807, 2.05) is 0 Å². The van der Waals surface area contributed by atoms with Crippen molar-refractivity contribution in [3.8, 4) is 11.5 Å². The highest BCUT2D eigenvalue weighted by atomic mass is 35.5. The summed E-state index contributed by atoms with van der Waals surface area (Å²) in [6, 6.07) is 8.13. The Bertz CT molecular complexity index is 981. The van der Waals surface area contributed by atoms with Gasteiger partial charge in [0.1, 0.15) is 23.1 Å². The Morgan fingerprint density at radius 1 is 0.788 bits per heavy atom. The summed E-state index contributed by atoms with van der Waals surface area (Å²) < 4.78 is 37.4. The van der Waals surface area contributed by atoms with Gasteiger partial charge in [0.2, 0.25) is 11.8 Å². The molecule has 3 fully saturated rings. The fourth-order valence-electron chi connectivity index (χ4n) is 4.43. The van der Waals surface area contributed by atoms with E-state index in [4.69, 9.17) is 32.7 Å². The molecular weight excluding hydrogens is 477 g/mol. The lowest BCUT2D eigenvalue weighted by Crippen LogP contribution is -2.83. The molecule has 33 heavy (non-hydrogen) atoms. The topological polar surface area (TPSA) is 76.7 Å². The van der Waals surface area contributed by atoms with Gasteiger partial charge in [0.05, 0.1) is 36.1 Å². The zero-order valence-corrected chi connectivity index (χ0v) is 19.1. The molecule has 3 aliphatic rings. The maximum absolute atomic E-state index is 13.4. The largest absolute Gasteiger partial charge is 0.493 e. The van der Waals surface area contributed by atoms with E-state index < -0.39 is 11.6 Å². The zero-order chi connectivity index (χ0) is 23.6. The average molecular weight is 499 g/mol. The molecule has 2 aromatic carbocycles. The van der Waals surface area contributed by atoms with E-state index in [9.17, 15) is 18.4 Å². The number of hydrogen-bond acceptors (Lipinski definition) is 4. The van der Waals surface area contributed by atoms with Crippen LogP contribution in [0.15, 0.2) is 36.4 Å². The van der Waals surface area contributed by atoms with Crippen LogP contribution < -0.4 is 20.1 Å². The van der Waals surface area contributed by atoms with Crippen LogP contribution in [-0.4, -0.2) is 36.1 Å². The van der Waals surface area contributed by atoms with Crippen LogP contribution in [0, 0.1) is 11.6 Å². The number of carbonyl (C=O) groups is 2. The summed E-state index contributed by atoms with van der Waals surface area (Å²) in [4.78, 5) is 24.4. The maximum atomic E-state index is 13.4. The summed E-state index contributed by atoms with van der Waals surface area (Å²) in [5.41, 5.74) is -0.557. The minimum Gasteiger partial charge on any atom is -0.493 e. The third-order valence-corrected chi connectivity index (χ3v) is 6.41. The van der Waals surface area contributed by atoms with Crippen molar-refractivity contribution in [2.24, 2.45) is 0 Å². The summed E-state index contributed by atoms with van der Waals surface area (Å²) in [5.74, 6) is -0.709. The SMILES string of the molecule is O=C(CCOc1ccc(Cl)c(F)c1)NC12CC(NC(=O)CCOc3ccc(F)c(Cl)c3)(C1)C2. The Balaban J connectivity index is 1.11. The number of rotatable bonds is 10. The van der Waals surface area contributed by atoms with Gasteiger partial charge >= 0.3 is 0 Å². The third kappa shape index (κ3) is 5.50. The standard InChI is InChI=1S/C23H22Cl2F2N2O4/c24-16-3-1-15(10-19(16)27)33-8-6-21(31)29-23-11-22(12-23,13-23)28-20(30)5-7-32-14-2-4-18(26)17(25)9-14/h1-4,9-10H,5-8,11-13H2,(H,28,30)(H,29,31). The van der Waals surface area contributed by atoms with Gasteiger partial charge in [0, 0.05) is 23.2 Å². The molecule has 3 saturated carbocycles. The van der Waals surface area contributed by atoms with Crippen molar-refractivity contribution in [3.05, 3.63) is 58.1 Å². The highest BCUT2D eigenvalue weighted by Gasteiger charge is 2.69. The van der Waals surface area contributed by atoms with E-state index in [0.717, 1.165) is 0 Å². The molecule has 10 heteroatoms. The first-order valence-electron chi connectivity index (χ1n) is 10.5. The van der Waals surface area contributed by atoms with Gasteiger partial charge in [0.15, 0.2) is 0 Å². The number of ether oxygens (including phenoxy) is 2. The molecule has 0 atom stereocenters. The van der Waals surface area contributed by atoms with Gasteiger partial charge in [-0.3, -0.25) is 9.59 Å². The van der Waals surface area contributed by atoms with Gasteiger partial charge in [-0.2, -0.15) is 0 Å². The van der Waals surface area contributed by atoms with Gasteiger partial charge in [-0.1, -0.05) is 23.2 Å². The van der Waals surface area contributed by atoms with Crippen molar-refractivity contribution >= 4 is 35.0 Å². The Labute approximate surface area is 199 Å². The molecule has 0 aromatic heterocycles. The Morgan fingerprint density at radius 3 is 1.82 bits per heavy atom. The van der Waals surface area contributed by atoms with Gasteiger partial charge < -0.3 is 20.1 Å². The molecule has 2 bridgehead atoms. The highest BCUT2D eigenvalue weighted by molar-refractivity contribution is 6.31. The molecule has 2 amide bonds. The zero-order valence-electron chi connectivity index (χ0n) is 17.6. The minimum atomic E-state index is -0.578. The second-order valence-corrected chi connectivity index (χ2v) is 9.35. The van der Waals surface area contributed by atoms with Crippen molar-refractivity contribution in [1.82, 2.24) is 10.6 Å². The predicted octanol–water partition coefficient (Wildman–Crippen LogP) is 4.42. The maximum Gasteiger partial charge on any atom is 0.223 e. The number of carbonyl (C=O) groups excluding carboxylic acids is 2. The summed E-state index contributed by atoms with van der Waals surface area (Å²) in [5, 5.41) is 5.99. The molecular formula is C23H22Cl2F2N2O4. The van der Waals surface area contributed by atoms with E-state index in [1.54, 1.807) is 0 Å². The molecule has 0 aliphatic heterocycles. The van der Waals surface area contributed by atoms with Crippen LogP contribution in [0.5, 0.6) is 11.5 Å². The van der Waals surface area contributed by atoms with Crippen LogP contribution in [-0.2, 0) is 9.59 Å². The quantitative estimate of drug-likeness (QED) is 0.508. The first-order chi connectivity index (χ1) is 15.7. The van der Waals surface area contributed by atoms with Crippen LogP contribution in [0.25, 0.3) is 0 Å². The normalized spacial score (nSPS) is 22.5. The average Bonchev–Trinajstić information content (AvgIpc) is 2.71. The smallest absolute Gasteiger partial charge is 0.223 e. The van der Waals surface area contributed by atoms with Crippen LogP contribution in [0.2, 0.25) is 10.0 Å². The second-order valence-electron chi connectivity index (χ2n) is 8.54. The molecule has 176 valence electrons. The van der Waals surface area contributed by atoms with Gasteiger partial charge in [-0.15, -0.1) is 0 Å². The van der Waals surface area contributed by atoms with Crippen molar-refractivity contribution in [2.75, 3.05) is 13.2 Å². The van der Waals surface area contributed by atoms with Crippen molar-refractivity contribution in [1.29, 1.82) is 0 Å². The van der Waals surface area contributed by atoms with E-state index >= 15 is 0 Å². The predicted molar refractivity (Wildman–Crippen MR) is 119 cm³/mol. The molecule has 0 saturated heterocycles. The van der Waals surface area contributed by atoms with Gasteiger partial charge in [-0.25, -0.2) is 8.78 Å². The molecule has 0 radical (unpaired) electrons. The summed E-state index contributed by atoms with van der Waals surface area (Å²) in [7, 11) is 0. The van der Waals surface area contributed by atoms with Gasteiger partial charge in [-0.05, 0) is 43.5 Å². The lowest BCUT2D eigenvalue weighted by atomic mass is 9.44. The van der Waals surface area contributed by atoms with E-state index in [-0.39, 0.29) is 59.0 Å². The number of nitrogens with one attached hydrogen (secondary N) is 2. The summed E-state index contributed by atoms with van der Waals surface area (Å²) >= 11 is 11.3. The molecule has 6 nitrogen and oxygen atoms in total. The highest BCUT2D eigenvalue weighted by Crippen LogP contribution is 2.60. The summed E-state index contributed by atoms with van der Waals surface area (Å²) in [6.45, 7) is 0.257. The summed E-state index contributed by atoms with van der Waals surface area (Å²) in [6.07, 6.45) is 2.31. The number of benzene rings is 2. The molecule has 0 heterocycles. The molecule has 5 rings (SSSR count). The number of amides is 2. The van der Waals surface area contributed by atoms with E-state index in [2.05, 4.69) is 10.6 Å². The van der Waals surface area contributed by atoms with Crippen LogP contribution in [0.4, 0.5) is 8.78 Å². The van der Waals surface area contributed by atoms with Gasteiger partial charge in [0.25, 0.3) is 0 Å². The Kier molecular flexibility index (Phi) is 6.68. The lowest BCUT2D eigenvalue weighted by Gasteiger charge is -2.70. The fraction of sp³-hybridized carbons (Fsp3) is 0.391. The minimum absolute atomic E-state index is 0.00931. The van der Waals surface area contributed by atoms with Crippen molar-refractivity contribution < 1.29 is 27.8 Å². The van der Waals surface area contributed by atoms with Crippen molar-refractivity contribution in [3.63, 3.8) is 0 Å². The molecule has 0 spiro atoms. The van der Waals surface area contributed by atoms with E-state index in [1.165, 1.54) is 36.4 Å². The Morgan fingerprint density at radius 2 is 1.30 bits per heavy atom. The molecule has 2 N–H and O–H groups in total. The van der Waals surface area contributed by atoms with Crippen molar-refractivity contribution in [2.45, 2.75) is 43.2 Å². The Hall–Kier alpha value is -2.58. The number of halogens is 4. The molecule has 3 aliphatic carbocycles. The monoisotopic (exact) mass is 498 g/mol. The first kappa shape index (κ1) is 23.6. The molecule has 2 aromatic rings. The van der Waals surface area contributed by atoms with E-state index in [0.29, 0.717) is 30.8 Å². The fourth-order valence-corrected chi connectivity index (χ4v) is 4.71. The molecule has 0 unspecified atom stereocenters.